The lowest BCUT2D eigenvalue weighted by Crippen LogP contribution is -2.30. The van der Waals surface area contributed by atoms with E-state index in [0.29, 0.717) is 17.3 Å². The number of hydrogen-bond donors (Lipinski definition) is 1. The zero-order valence-electron chi connectivity index (χ0n) is 10.9. The van der Waals surface area contributed by atoms with Gasteiger partial charge < -0.3 is 10.1 Å². The van der Waals surface area contributed by atoms with E-state index in [2.05, 4.69) is 29.1 Å². The molecule has 0 radical (unpaired) electrons. The van der Waals surface area contributed by atoms with Gasteiger partial charge in [0, 0.05) is 12.1 Å². The summed E-state index contributed by atoms with van der Waals surface area (Å²) < 4.78 is 5.09. The van der Waals surface area contributed by atoms with Crippen LogP contribution in [-0.2, 0) is 0 Å². The summed E-state index contributed by atoms with van der Waals surface area (Å²) >= 11 is 0. The molecule has 4 nitrogen and oxygen atoms in total. The number of aromatic nitrogens is 2. The second-order valence-corrected chi connectivity index (χ2v) is 5.53. The van der Waals surface area contributed by atoms with Gasteiger partial charge in [-0.15, -0.1) is 0 Å². The fraction of sp³-hybridized carbons (Fsp3) is 0.692. The molecule has 0 atom stereocenters. The van der Waals surface area contributed by atoms with E-state index < -0.39 is 0 Å². The summed E-state index contributed by atoms with van der Waals surface area (Å²) in [6, 6.07) is 2.38. The van der Waals surface area contributed by atoms with Crippen molar-refractivity contribution in [3.8, 4) is 5.88 Å². The van der Waals surface area contributed by atoms with E-state index >= 15 is 0 Å². The molecule has 1 saturated carbocycles. The van der Waals surface area contributed by atoms with Crippen molar-refractivity contribution >= 4 is 5.82 Å². The Bertz CT molecular complexity index is 369. The van der Waals surface area contributed by atoms with E-state index in [1.807, 2.05) is 6.07 Å². The molecule has 2 rings (SSSR count). The lowest BCUT2D eigenvalue weighted by atomic mass is 9.75. The van der Waals surface area contributed by atoms with Gasteiger partial charge in [-0.05, 0) is 31.1 Å². The van der Waals surface area contributed by atoms with Gasteiger partial charge in [0.05, 0.1) is 7.11 Å². The predicted octanol–water partition coefficient (Wildman–Crippen LogP) is 2.87. The van der Waals surface area contributed by atoms with Gasteiger partial charge in [0.1, 0.15) is 12.1 Å². The normalized spacial score (nSPS) is 19.9. The van der Waals surface area contributed by atoms with Crippen LogP contribution in [0, 0.1) is 5.41 Å². The van der Waals surface area contributed by atoms with Crippen molar-refractivity contribution in [2.75, 3.05) is 12.4 Å². The maximum Gasteiger partial charge on any atom is 0.218 e. The molecule has 0 unspecified atom stereocenters. The van der Waals surface area contributed by atoms with Crippen molar-refractivity contribution in [3.05, 3.63) is 12.4 Å². The highest BCUT2D eigenvalue weighted by Crippen LogP contribution is 2.35. The van der Waals surface area contributed by atoms with E-state index in [4.69, 9.17) is 4.74 Å². The Morgan fingerprint density at radius 1 is 1.29 bits per heavy atom. The molecule has 1 aromatic rings. The Hall–Kier alpha value is -1.32. The molecule has 0 aliphatic heterocycles. The molecule has 0 aromatic carbocycles. The molecule has 0 bridgehead atoms. The van der Waals surface area contributed by atoms with Crippen LogP contribution in [-0.4, -0.2) is 23.1 Å². The molecule has 1 aliphatic carbocycles. The fourth-order valence-electron chi connectivity index (χ4n) is 2.28. The number of rotatable bonds is 3. The average molecular weight is 235 g/mol. The maximum atomic E-state index is 5.09. The summed E-state index contributed by atoms with van der Waals surface area (Å²) in [5.41, 5.74) is 0.502. The van der Waals surface area contributed by atoms with Gasteiger partial charge in [-0.3, -0.25) is 0 Å². The summed E-state index contributed by atoms with van der Waals surface area (Å²) in [5, 5.41) is 3.46. The summed E-state index contributed by atoms with van der Waals surface area (Å²) in [6.07, 6.45) is 6.49. The minimum absolute atomic E-state index is 0.502. The molecule has 94 valence electrons. The number of nitrogens with zero attached hydrogens (tertiary/aromatic N) is 2. The van der Waals surface area contributed by atoms with Gasteiger partial charge in [0.25, 0.3) is 0 Å². The first-order chi connectivity index (χ1) is 8.09. The minimum Gasteiger partial charge on any atom is -0.481 e. The van der Waals surface area contributed by atoms with E-state index in [1.165, 1.54) is 32.0 Å². The Balaban J connectivity index is 1.93. The van der Waals surface area contributed by atoms with Gasteiger partial charge in [-0.2, -0.15) is 0 Å². The SMILES string of the molecule is COc1cc(NC2CCC(C)(C)CC2)ncn1. The molecular weight excluding hydrogens is 214 g/mol. The average Bonchev–Trinajstić information content (AvgIpc) is 2.32. The Morgan fingerprint density at radius 3 is 2.65 bits per heavy atom. The van der Waals surface area contributed by atoms with Crippen molar-refractivity contribution < 1.29 is 4.74 Å². The maximum absolute atomic E-state index is 5.09. The van der Waals surface area contributed by atoms with E-state index in [9.17, 15) is 0 Å². The molecule has 1 fully saturated rings. The van der Waals surface area contributed by atoms with Crippen molar-refractivity contribution in [3.63, 3.8) is 0 Å². The van der Waals surface area contributed by atoms with Crippen LogP contribution in [0.2, 0.25) is 0 Å². The van der Waals surface area contributed by atoms with Crippen molar-refractivity contribution in [1.29, 1.82) is 0 Å². The number of hydrogen-bond acceptors (Lipinski definition) is 4. The summed E-state index contributed by atoms with van der Waals surface area (Å²) in [6.45, 7) is 4.69. The first kappa shape index (κ1) is 12.1. The van der Waals surface area contributed by atoms with Gasteiger partial charge in [-0.25, -0.2) is 9.97 Å². The van der Waals surface area contributed by atoms with Crippen LogP contribution in [0.3, 0.4) is 0 Å². The molecule has 4 heteroatoms. The summed E-state index contributed by atoms with van der Waals surface area (Å²) in [7, 11) is 1.62. The van der Waals surface area contributed by atoms with Crippen molar-refractivity contribution in [2.24, 2.45) is 5.41 Å². The van der Waals surface area contributed by atoms with E-state index in [1.54, 1.807) is 7.11 Å². The van der Waals surface area contributed by atoms with Crippen LogP contribution in [0.5, 0.6) is 5.88 Å². The van der Waals surface area contributed by atoms with Crippen molar-refractivity contribution in [1.82, 2.24) is 9.97 Å². The highest BCUT2D eigenvalue weighted by Gasteiger charge is 2.26. The van der Waals surface area contributed by atoms with Crippen LogP contribution in [0.25, 0.3) is 0 Å². The molecule has 1 N–H and O–H groups in total. The summed E-state index contributed by atoms with van der Waals surface area (Å²) in [5.74, 6) is 1.47. The second-order valence-electron chi connectivity index (χ2n) is 5.53. The van der Waals surface area contributed by atoms with Gasteiger partial charge in [-0.1, -0.05) is 13.8 Å². The Kier molecular flexibility index (Phi) is 3.50. The number of anilines is 1. The largest absolute Gasteiger partial charge is 0.481 e. The van der Waals surface area contributed by atoms with Crippen LogP contribution in [0.4, 0.5) is 5.82 Å². The monoisotopic (exact) mass is 235 g/mol. The highest BCUT2D eigenvalue weighted by atomic mass is 16.5. The van der Waals surface area contributed by atoms with E-state index in [-0.39, 0.29) is 0 Å². The topological polar surface area (TPSA) is 47.0 Å². The summed E-state index contributed by atoms with van der Waals surface area (Å²) in [4.78, 5) is 8.22. The third-order valence-corrected chi connectivity index (χ3v) is 3.54. The lowest BCUT2D eigenvalue weighted by Gasteiger charge is -2.34. The molecule has 1 aromatic heterocycles. The minimum atomic E-state index is 0.502. The smallest absolute Gasteiger partial charge is 0.218 e. The first-order valence-electron chi connectivity index (χ1n) is 6.22. The van der Waals surface area contributed by atoms with Crippen LogP contribution < -0.4 is 10.1 Å². The number of methoxy groups -OCH3 is 1. The lowest BCUT2D eigenvalue weighted by molar-refractivity contribution is 0.232. The van der Waals surface area contributed by atoms with Gasteiger partial charge in [0.2, 0.25) is 5.88 Å². The molecule has 1 aliphatic rings. The van der Waals surface area contributed by atoms with Crippen LogP contribution in [0.1, 0.15) is 39.5 Å². The highest BCUT2D eigenvalue weighted by molar-refractivity contribution is 5.38. The quantitative estimate of drug-likeness (QED) is 0.875. The van der Waals surface area contributed by atoms with Crippen molar-refractivity contribution in [2.45, 2.75) is 45.6 Å². The third kappa shape index (κ3) is 3.32. The first-order valence-corrected chi connectivity index (χ1v) is 6.22. The molecular formula is C13H21N3O. The van der Waals surface area contributed by atoms with Crippen LogP contribution >= 0.6 is 0 Å². The van der Waals surface area contributed by atoms with Crippen LogP contribution in [0.15, 0.2) is 12.4 Å². The predicted molar refractivity (Wildman–Crippen MR) is 68.2 cm³/mol. The third-order valence-electron chi connectivity index (χ3n) is 3.54. The second kappa shape index (κ2) is 4.90. The molecule has 17 heavy (non-hydrogen) atoms. The zero-order valence-corrected chi connectivity index (χ0v) is 10.9. The van der Waals surface area contributed by atoms with Gasteiger partial charge in [0.15, 0.2) is 0 Å². The molecule has 1 heterocycles. The molecule has 0 saturated heterocycles. The molecule has 0 spiro atoms. The zero-order chi connectivity index (χ0) is 12.3. The van der Waals surface area contributed by atoms with E-state index in [0.717, 1.165) is 5.82 Å². The number of nitrogens with one attached hydrogen (secondary N) is 1. The Morgan fingerprint density at radius 2 is 2.00 bits per heavy atom. The molecule has 0 amide bonds. The standard InChI is InChI=1S/C13H21N3O/c1-13(2)6-4-10(5-7-13)16-11-8-12(17-3)15-9-14-11/h8-10H,4-7H2,1-3H3,(H,14,15,16). The van der Waals surface area contributed by atoms with Gasteiger partial charge >= 0.3 is 0 Å². The fourth-order valence-corrected chi connectivity index (χ4v) is 2.28. The Labute approximate surface area is 103 Å². The number of ether oxygens (including phenoxy) is 1.